The second kappa shape index (κ2) is 15.6. The minimum Gasteiger partial charge on any atom is -0.330 e. The highest BCUT2D eigenvalue weighted by Gasteiger charge is 2.23. The Kier molecular flexibility index (Phi) is 15.5. The number of rotatable bonds is 16. The Hall–Kier alpha value is -0.240. The average Bonchev–Trinajstić information content (AvgIpc) is 2.54. The average molecular weight is 317 g/mol. The zero-order chi connectivity index (χ0) is 16.6. The maximum atomic E-state index is 5.72. The molecule has 0 aliphatic rings. The molecule has 0 bridgehead atoms. The van der Waals surface area contributed by atoms with E-state index in [4.69, 9.17) is 22.9 Å². The predicted octanol–water partition coefficient (Wildman–Crippen LogP) is 0.112. The van der Waals surface area contributed by atoms with Crippen LogP contribution in [0.4, 0.5) is 0 Å². The summed E-state index contributed by atoms with van der Waals surface area (Å²) in [5, 5.41) is 0. The van der Waals surface area contributed by atoms with Gasteiger partial charge in [-0.3, -0.25) is 9.80 Å². The summed E-state index contributed by atoms with van der Waals surface area (Å²) in [6.07, 6.45) is 6.94. The fourth-order valence-electron chi connectivity index (χ4n) is 2.85. The van der Waals surface area contributed by atoms with Crippen molar-refractivity contribution in [3.8, 4) is 0 Å². The fourth-order valence-corrected chi connectivity index (χ4v) is 2.85. The standard InChI is InChI=1S/C16H40N6/c1-2-7-16(21(12-3-8-17)13-4-9-18)22(14-5-10-19)15-6-11-20/h16H,2-15,17-20H2,1H3. The third-order valence-electron chi connectivity index (χ3n) is 3.99. The van der Waals surface area contributed by atoms with Gasteiger partial charge < -0.3 is 22.9 Å². The van der Waals surface area contributed by atoms with E-state index < -0.39 is 0 Å². The molecule has 0 rings (SSSR count). The SMILES string of the molecule is CCCC(N(CCCN)CCCN)N(CCCN)CCCN. The number of nitrogens with two attached hydrogens (primary N) is 4. The molecular formula is C16H40N6. The molecule has 22 heavy (non-hydrogen) atoms. The molecule has 0 fully saturated rings. The Morgan fingerprint density at radius 1 is 0.636 bits per heavy atom. The van der Waals surface area contributed by atoms with Gasteiger partial charge in [-0.25, -0.2) is 0 Å². The van der Waals surface area contributed by atoms with Crippen LogP contribution < -0.4 is 22.9 Å². The van der Waals surface area contributed by atoms with Crippen LogP contribution in [0, 0.1) is 0 Å². The lowest BCUT2D eigenvalue weighted by Gasteiger charge is -2.40. The van der Waals surface area contributed by atoms with Gasteiger partial charge >= 0.3 is 0 Å². The van der Waals surface area contributed by atoms with E-state index in [0.717, 1.165) is 78.0 Å². The summed E-state index contributed by atoms with van der Waals surface area (Å²) in [7, 11) is 0. The van der Waals surface area contributed by atoms with Crippen LogP contribution in [0.5, 0.6) is 0 Å². The first-order valence-corrected chi connectivity index (χ1v) is 9.03. The highest BCUT2D eigenvalue weighted by Crippen LogP contribution is 2.15. The number of hydrogen-bond donors (Lipinski definition) is 4. The molecule has 0 atom stereocenters. The molecule has 0 amide bonds. The molecule has 0 aliphatic carbocycles. The van der Waals surface area contributed by atoms with E-state index in [1.807, 2.05) is 0 Å². The van der Waals surface area contributed by atoms with Crippen molar-refractivity contribution in [2.75, 3.05) is 52.4 Å². The van der Waals surface area contributed by atoms with Crippen molar-refractivity contribution in [1.29, 1.82) is 0 Å². The summed E-state index contributed by atoms with van der Waals surface area (Å²) in [5.41, 5.74) is 22.9. The second-order valence-corrected chi connectivity index (χ2v) is 5.91. The summed E-state index contributed by atoms with van der Waals surface area (Å²) in [6.45, 7) is 9.39. The van der Waals surface area contributed by atoms with E-state index in [9.17, 15) is 0 Å². The van der Waals surface area contributed by atoms with E-state index >= 15 is 0 Å². The minimum atomic E-state index is 0.459. The van der Waals surface area contributed by atoms with Gasteiger partial charge in [-0.2, -0.15) is 0 Å². The van der Waals surface area contributed by atoms with Gasteiger partial charge in [0, 0.05) is 26.2 Å². The van der Waals surface area contributed by atoms with E-state index in [0.29, 0.717) is 6.17 Å². The quantitative estimate of drug-likeness (QED) is 0.301. The molecule has 8 N–H and O–H groups in total. The van der Waals surface area contributed by atoms with Gasteiger partial charge in [-0.1, -0.05) is 13.3 Å². The van der Waals surface area contributed by atoms with Crippen LogP contribution in [0.2, 0.25) is 0 Å². The highest BCUT2D eigenvalue weighted by molar-refractivity contribution is 4.75. The smallest absolute Gasteiger partial charge is 0.0622 e. The Morgan fingerprint density at radius 2 is 0.955 bits per heavy atom. The zero-order valence-corrected chi connectivity index (χ0v) is 14.7. The van der Waals surface area contributed by atoms with Gasteiger partial charge in [0.25, 0.3) is 0 Å². The van der Waals surface area contributed by atoms with E-state index in [1.165, 1.54) is 12.8 Å². The van der Waals surface area contributed by atoms with Crippen LogP contribution in [0.3, 0.4) is 0 Å². The third-order valence-corrected chi connectivity index (χ3v) is 3.99. The van der Waals surface area contributed by atoms with Crippen molar-refractivity contribution in [2.24, 2.45) is 22.9 Å². The molecule has 0 spiro atoms. The van der Waals surface area contributed by atoms with Gasteiger partial charge in [-0.05, 0) is 58.3 Å². The molecule has 6 nitrogen and oxygen atoms in total. The van der Waals surface area contributed by atoms with Crippen LogP contribution >= 0.6 is 0 Å². The van der Waals surface area contributed by atoms with Crippen molar-refractivity contribution in [3.63, 3.8) is 0 Å². The van der Waals surface area contributed by atoms with Gasteiger partial charge in [0.15, 0.2) is 0 Å². The monoisotopic (exact) mass is 316 g/mol. The lowest BCUT2D eigenvalue weighted by Crippen LogP contribution is -2.50. The van der Waals surface area contributed by atoms with E-state index in [-0.39, 0.29) is 0 Å². The molecule has 0 saturated carbocycles. The van der Waals surface area contributed by atoms with Crippen molar-refractivity contribution >= 4 is 0 Å². The maximum absolute atomic E-state index is 5.72. The normalized spacial score (nSPS) is 12.0. The first kappa shape index (κ1) is 21.8. The molecule has 6 heteroatoms. The topological polar surface area (TPSA) is 111 Å². The van der Waals surface area contributed by atoms with Crippen molar-refractivity contribution in [2.45, 2.75) is 51.6 Å². The van der Waals surface area contributed by atoms with Gasteiger partial charge in [0.05, 0.1) is 6.17 Å². The van der Waals surface area contributed by atoms with Gasteiger partial charge in [-0.15, -0.1) is 0 Å². The van der Waals surface area contributed by atoms with Crippen molar-refractivity contribution in [1.82, 2.24) is 9.80 Å². The minimum absolute atomic E-state index is 0.459. The fraction of sp³-hybridized carbons (Fsp3) is 1.00. The first-order chi connectivity index (χ1) is 10.7. The molecule has 0 radical (unpaired) electrons. The van der Waals surface area contributed by atoms with Crippen LogP contribution in [-0.2, 0) is 0 Å². The summed E-state index contributed by atoms with van der Waals surface area (Å²) in [5.74, 6) is 0. The molecule has 0 aromatic rings. The van der Waals surface area contributed by atoms with Crippen LogP contribution in [0.1, 0.15) is 45.4 Å². The molecular weight excluding hydrogens is 276 g/mol. The Labute approximate surface area is 137 Å². The summed E-state index contributed by atoms with van der Waals surface area (Å²) >= 11 is 0. The first-order valence-electron chi connectivity index (χ1n) is 9.03. The zero-order valence-electron chi connectivity index (χ0n) is 14.7. The second-order valence-electron chi connectivity index (χ2n) is 5.91. The van der Waals surface area contributed by atoms with E-state index in [1.54, 1.807) is 0 Å². The summed E-state index contributed by atoms with van der Waals surface area (Å²) < 4.78 is 0. The van der Waals surface area contributed by atoms with Crippen molar-refractivity contribution in [3.05, 3.63) is 0 Å². The van der Waals surface area contributed by atoms with Crippen LogP contribution in [0.15, 0.2) is 0 Å². The Morgan fingerprint density at radius 3 is 1.18 bits per heavy atom. The molecule has 0 saturated heterocycles. The van der Waals surface area contributed by atoms with Crippen molar-refractivity contribution < 1.29 is 0 Å². The third kappa shape index (κ3) is 9.71. The van der Waals surface area contributed by atoms with Crippen LogP contribution in [0.25, 0.3) is 0 Å². The molecule has 134 valence electrons. The molecule has 0 aromatic heterocycles. The number of nitrogens with zero attached hydrogens (tertiary/aromatic N) is 2. The molecule has 0 aromatic carbocycles. The van der Waals surface area contributed by atoms with Gasteiger partial charge in [0.1, 0.15) is 0 Å². The Bertz CT molecular complexity index is 191. The maximum Gasteiger partial charge on any atom is 0.0622 e. The summed E-state index contributed by atoms with van der Waals surface area (Å²) in [6, 6.07) is 0. The predicted molar refractivity (Wildman–Crippen MR) is 96.5 cm³/mol. The Balaban J connectivity index is 4.88. The highest BCUT2D eigenvalue weighted by atomic mass is 15.3. The molecule has 0 aliphatic heterocycles. The van der Waals surface area contributed by atoms with Crippen LogP contribution in [-0.4, -0.2) is 68.3 Å². The lowest BCUT2D eigenvalue weighted by molar-refractivity contribution is 0.0327. The molecule has 0 unspecified atom stereocenters. The van der Waals surface area contributed by atoms with E-state index in [2.05, 4.69) is 16.7 Å². The number of hydrogen-bond acceptors (Lipinski definition) is 6. The lowest BCUT2D eigenvalue weighted by atomic mass is 10.1. The summed E-state index contributed by atoms with van der Waals surface area (Å²) in [4.78, 5) is 5.13. The largest absolute Gasteiger partial charge is 0.330 e. The molecule has 0 heterocycles. The van der Waals surface area contributed by atoms with Gasteiger partial charge in [0.2, 0.25) is 0 Å².